The van der Waals surface area contributed by atoms with E-state index in [1.54, 1.807) is 0 Å². The molecule has 0 saturated carbocycles. The number of thioether (sulfide) groups is 1. The minimum atomic E-state index is -4.26. The van der Waals surface area contributed by atoms with E-state index in [1.807, 2.05) is 0 Å². The van der Waals surface area contributed by atoms with E-state index in [4.69, 9.17) is 11.6 Å². The summed E-state index contributed by atoms with van der Waals surface area (Å²) < 4.78 is 35.5. The van der Waals surface area contributed by atoms with Crippen molar-refractivity contribution < 1.29 is 18.1 Å². The van der Waals surface area contributed by atoms with Gasteiger partial charge in [0.1, 0.15) is 0 Å². The number of hydrogen-bond acceptors (Lipinski definition) is 4. The molecule has 0 radical (unpaired) electrons. The van der Waals surface area contributed by atoms with Gasteiger partial charge in [0.15, 0.2) is 0 Å². The Hall–Kier alpha value is -1.15. The van der Waals surface area contributed by atoms with Crippen LogP contribution in [0.1, 0.15) is 0 Å². The normalized spacial score (nSPS) is 11.3. The first-order valence-electron chi connectivity index (χ1n) is 4.68. The number of nitro benzene ring substituents is 1. The molecule has 1 rings (SSSR count). The minimum absolute atomic E-state index is 0.0572. The number of nitro groups is 1. The molecule has 100 valence electrons. The van der Waals surface area contributed by atoms with Crippen LogP contribution in [0, 0.1) is 10.1 Å². The van der Waals surface area contributed by atoms with E-state index in [0.717, 1.165) is 6.07 Å². The number of rotatable bonds is 5. The average molecular weight is 301 g/mol. The fraction of sp³-hybridized carbons (Fsp3) is 0.333. The number of anilines is 1. The highest BCUT2D eigenvalue weighted by Gasteiger charge is 2.27. The lowest BCUT2D eigenvalue weighted by Gasteiger charge is -2.09. The minimum Gasteiger partial charge on any atom is -0.383 e. The molecule has 0 aliphatic carbocycles. The lowest BCUT2D eigenvalue weighted by molar-refractivity contribution is -0.384. The van der Waals surface area contributed by atoms with Crippen LogP contribution in [-0.4, -0.2) is 22.7 Å². The van der Waals surface area contributed by atoms with Crippen LogP contribution in [0.3, 0.4) is 0 Å². The number of halogens is 4. The molecular formula is C9H8ClF3N2O2S. The van der Waals surface area contributed by atoms with E-state index in [2.05, 4.69) is 5.32 Å². The Kier molecular flexibility index (Phi) is 5.09. The maximum atomic E-state index is 11.8. The van der Waals surface area contributed by atoms with Gasteiger partial charge in [0.05, 0.1) is 15.6 Å². The predicted molar refractivity (Wildman–Crippen MR) is 65.1 cm³/mol. The summed E-state index contributed by atoms with van der Waals surface area (Å²) >= 11 is 5.60. The van der Waals surface area contributed by atoms with Gasteiger partial charge < -0.3 is 5.32 Å². The molecule has 1 aromatic carbocycles. The number of non-ortho nitro benzene ring substituents is 1. The van der Waals surface area contributed by atoms with Gasteiger partial charge in [0.2, 0.25) is 0 Å². The molecule has 4 nitrogen and oxygen atoms in total. The van der Waals surface area contributed by atoms with Crippen LogP contribution in [0.4, 0.5) is 24.5 Å². The lowest BCUT2D eigenvalue weighted by atomic mass is 10.3. The van der Waals surface area contributed by atoms with Gasteiger partial charge in [0.25, 0.3) is 5.69 Å². The molecule has 0 bridgehead atoms. The van der Waals surface area contributed by atoms with Gasteiger partial charge in [0, 0.05) is 24.4 Å². The maximum Gasteiger partial charge on any atom is 0.441 e. The van der Waals surface area contributed by atoms with Gasteiger partial charge in [-0.25, -0.2) is 0 Å². The van der Waals surface area contributed by atoms with E-state index in [-0.39, 0.29) is 34.8 Å². The van der Waals surface area contributed by atoms with Gasteiger partial charge in [-0.05, 0) is 17.8 Å². The second kappa shape index (κ2) is 6.14. The van der Waals surface area contributed by atoms with Crippen LogP contribution >= 0.6 is 23.4 Å². The highest BCUT2D eigenvalue weighted by Crippen LogP contribution is 2.30. The monoisotopic (exact) mass is 300 g/mol. The zero-order chi connectivity index (χ0) is 13.8. The average Bonchev–Trinajstić information content (AvgIpc) is 2.24. The molecule has 0 aliphatic rings. The standard InChI is InChI=1S/C9H8ClF3N2O2S/c10-7-5-6(15(16)17)1-2-8(7)14-3-4-18-9(11,12)13/h1-2,5,14H,3-4H2. The Morgan fingerprint density at radius 1 is 1.44 bits per heavy atom. The topological polar surface area (TPSA) is 55.2 Å². The molecule has 0 unspecified atom stereocenters. The van der Waals surface area contributed by atoms with Crippen molar-refractivity contribution in [2.75, 3.05) is 17.6 Å². The van der Waals surface area contributed by atoms with Crippen LogP contribution in [0.25, 0.3) is 0 Å². The zero-order valence-corrected chi connectivity index (χ0v) is 10.4. The largest absolute Gasteiger partial charge is 0.441 e. The van der Waals surface area contributed by atoms with Crippen molar-refractivity contribution >= 4 is 34.7 Å². The summed E-state index contributed by atoms with van der Waals surface area (Å²) in [6.45, 7) is 0.0572. The second-order valence-electron chi connectivity index (χ2n) is 3.14. The molecular weight excluding hydrogens is 293 g/mol. The van der Waals surface area contributed by atoms with Crippen LogP contribution in [-0.2, 0) is 0 Å². The molecule has 0 atom stereocenters. The second-order valence-corrected chi connectivity index (χ2v) is 4.71. The first-order valence-corrected chi connectivity index (χ1v) is 6.04. The van der Waals surface area contributed by atoms with Crippen molar-refractivity contribution in [3.63, 3.8) is 0 Å². The van der Waals surface area contributed by atoms with Gasteiger partial charge in [-0.1, -0.05) is 11.6 Å². The van der Waals surface area contributed by atoms with Gasteiger partial charge in [-0.2, -0.15) is 13.2 Å². The zero-order valence-electron chi connectivity index (χ0n) is 8.83. The van der Waals surface area contributed by atoms with Crippen LogP contribution < -0.4 is 5.32 Å². The Bertz CT molecular complexity index is 442. The summed E-state index contributed by atoms with van der Waals surface area (Å²) in [6.07, 6.45) is 0. The molecule has 0 aliphatic heterocycles. The molecule has 0 fully saturated rings. The lowest BCUT2D eigenvalue weighted by Crippen LogP contribution is -2.09. The van der Waals surface area contributed by atoms with E-state index in [0.29, 0.717) is 5.69 Å². The highest BCUT2D eigenvalue weighted by atomic mass is 35.5. The fourth-order valence-corrected chi connectivity index (χ4v) is 1.79. The third-order valence-electron chi connectivity index (χ3n) is 1.85. The summed E-state index contributed by atoms with van der Waals surface area (Å²) in [5, 5.41) is 13.2. The first-order chi connectivity index (χ1) is 8.29. The molecule has 0 amide bonds. The third-order valence-corrected chi connectivity index (χ3v) is 2.90. The SMILES string of the molecule is O=[N+]([O-])c1ccc(NCCSC(F)(F)F)c(Cl)c1. The Balaban J connectivity index is 2.51. The summed E-state index contributed by atoms with van der Waals surface area (Å²) in [5.41, 5.74) is -4.07. The number of benzene rings is 1. The molecule has 0 saturated heterocycles. The summed E-state index contributed by atoms with van der Waals surface area (Å²) in [6, 6.07) is 3.73. The van der Waals surface area contributed by atoms with Crippen LogP contribution in [0.5, 0.6) is 0 Å². The van der Waals surface area contributed by atoms with Crippen LogP contribution in [0.15, 0.2) is 18.2 Å². The smallest absolute Gasteiger partial charge is 0.383 e. The molecule has 18 heavy (non-hydrogen) atoms. The number of nitrogens with one attached hydrogen (secondary N) is 1. The predicted octanol–water partition coefficient (Wildman–Crippen LogP) is 3.91. The number of alkyl halides is 3. The molecule has 1 aromatic rings. The van der Waals surface area contributed by atoms with E-state index in [1.165, 1.54) is 12.1 Å². The van der Waals surface area contributed by atoms with Gasteiger partial charge in [-0.3, -0.25) is 10.1 Å². The molecule has 9 heteroatoms. The van der Waals surface area contributed by atoms with Crippen molar-refractivity contribution in [2.45, 2.75) is 5.51 Å². The fourth-order valence-electron chi connectivity index (χ4n) is 1.11. The Labute approximate surface area is 110 Å². The Morgan fingerprint density at radius 2 is 2.11 bits per heavy atom. The van der Waals surface area contributed by atoms with E-state index < -0.39 is 10.4 Å². The molecule has 0 spiro atoms. The summed E-state index contributed by atoms with van der Waals surface area (Å²) in [4.78, 5) is 9.83. The van der Waals surface area contributed by atoms with Crippen LogP contribution in [0.2, 0.25) is 5.02 Å². The van der Waals surface area contributed by atoms with Crippen molar-refractivity contribution in [3.05, 3.63) is 33.3 Å². The van der Waals surface area contributed by atoms with E-state index in [9.17, 15) is 23.3 Å². The van der Waals surface area contributed by atoms with Crippen molar-refractivity contribution in [1.29, 1.82) is 0 Å². The number of nitrogens with zero attached hydrogens (tertiary/aromatic N) is 1. The van der Waals surface area contributed by atoms with Crippen molar-refractivity contribution in [3.8, 4) is 0 Å². The maximum absolute atomic E-state index is 11.8. The summed E-state index contributed by atoms with van der Waals surface area (Å²) in [5.74, 6) is -0.170. The van der Waals surface area contributed by atoms with Crippen molar-refractivity contribution in [2.24, 2.45) is 0 Å². The van der Waals surface area contributed by atoms with Gasteiger partial charge >= 0.3 is 5.51 Å². The third kappa shape index (κ3) is 5.01. The first kappa shape index (κ1) is 14.9. The molecule has 0 aromatic heterocycles. The molecule has 0 heterocycles. The molecule has 1 N–H and O–H groups in total. The van der Waals surface area contributed by atoms with Crippen molar-refractivity contribution in [1.82, 2.24) is 0 Å². The Morgan fingerprint density at radius 3 is 2.61 bits per heavy atom. The number of hydrogen-bond donors (Lipinski definition) is 1. The van der Waals surface area contributed by atoms with Gasteiger partial charge in [-0.15, -0.1) is 0 Å². The quantitative estimate of drug-likeness (QED) is 0.509. The van der Waals surface area contributed by atoms with E-state index >= 15 is 0 Å². The summed E-state index contributed by atoms with van der Waals surface area (Å²) in [7, 11) is 0. The highest BCUT2D eigenvalue weighted by molar-refractivity contribution is 8.00.